The second-order valence-electron chi connectivity index (χ2n) is 7.99. The van der Waals surface area contributed by atoms with Crippen molar-refractivity contribution in [2.45, 2.75) is 43.1 Å². The van der Waals surface area contributed by atoms with Crippen LogP contribution in [0.25, 0.3) is 0 Å². The summed E-state index contributed by atoms with van der Waals surface area (Å²) in [4.78, 5) is 0. The van der Waals surface area contributed by atoms with Gasteiger partial charge in [0.2, 0.25) is 10.0 Å². The average molecular weight is 422 g/mol. The van der Waals surface area contributed by atoms with Crippen molar-refractivity contribution in [2.24, 2.45) is 5.73 Å². The Balaban J connectivity index is 1.65. The van der Waals surface area contributed by atoms with Crippen molar-refractivity contribution in [1.29, 1.82) is 0 Å². The molecular formula is C21H24F2N2O3S. The standard InChI is InChI=1S/C21H24F2N2O3S/c1-14-7-8-20(15-5-3-2-4-6-15)29(26,27)25(14)11-16-9-19(23)17(10-18(16)22)21(24)12-28-13-21/h2-6,9-10,14,20H,7-8,11-13,24H2,1H3/t14-,20?/m0/s1. The lowest BCUT2D eigenvalue weighted by Gasteiger charge is -2.39. The molecule has 2 N–H and O–H groups in total. The average Bonchev–Trinajstić information content (AvgIpc) is 2.66. The van der Waals surface area contributed by atoms with Crippen LogP contribution in [0.3, 0.4) is 0 Å². The summed E-state index contributed by atoms with van der Waals surface area (Å²) in [6.07, 6.45) is 1.14. The second kappa shape index (κ2) is 7.43. The van der Waals surface area contributed by atoms with Gasteiger partial charge in [-0.25, -0.2) is 17.2 Å². The molecule has 0 bridgehead atoms. The van der Waals surface area contributed by atoms with Crippen molar-refractivity contribution in [3.8, 4) is 0 Å². The highest BCUT2D eigenvalue weighted by molar-refractivity contribution is 7.89. The third-order valence-electron chi connectivity index (χ3n) is 5.91. The fourth-order valence-electron chi connectivity index (χ4n) is 4.09. The zero-order valence-corrected chi connectivity index (χ0v) is 17.0. The van der Waals surface area contributed by atoms with E-state index in [-0.39, 0.29) is 36.9 Å². The van der Waals surface area contributed by atoms with Crippen LogP contribution in [0.2, 0.25) is 0 Å². The second-order valence-corrected chi connectivity index (χ2v) is 10.1. The molecule has 0 aromatic heterocycles. The molecule has 2 atom stereocenters. The Morgan fingerprint density at radius 2 is 1.83 bits per heavy atom. The van der Waals surface area contributed by atoms with Crippen molar-refractivity contribution in [2.75, 3.05) is 13.2 Å². The molecule has 29 heavy (non-hydrogen) atoms. The number of nitrogens with two attached hydrogens (primary N) is 1. The summed E-state index contributed by atoms with van der Waals surface area (Å²) in [6, 6.07) is 10.8. The molecule has 2 aromatic carbocycles. The van der Waals surface area contributed by atoms with E-state index in [1.165, 1.54) is 4.31 Å². The van der Waals surface area contributed by atoms with E-state index in [2.05, 4.69) is 0 Å². The van der Waals surface area contributed by atoms with Crippen LogP contribution in [0.15, 0.2) is 42.5 Å². The molecule has 0 radical (unpaired) electrons. The fourth-order valence-corrected chi connectivity index (χ4v) is 6.28. The van der Waals surface area contributed by atoms with Gasteiger partial charge in [0.1, 0.15) is 16.9 Å². The molecular weight excluding hydrogens is 398 g/mol. The first-order valence-corrected chi connectivity index (χ1v) is 11.1. The summed E-state index contributed by atoms with van der Waals surface area (Å²) in [5.41, 5.74) is 5.77. The van der Waals surface area contributed by atoms with Gasteiger partial charge in [-0.15, -0.1) is 0 Å². The molecule has 2 heterocycles. The van der Waals surface area contributed by atoms with Crippen LogP contribution in [0.1, 0.15) is 41.7 Å². The van der Waals surface area contributed by atoms with Crippen LogP contribution in [0.4, 0.5) is 8.78 Å². The molecule has 0 aliphatic carbocycles. The maximum absolute atomic E-state index is 14.8. The molecule has 2 saturated heterocycles. The number of rotatable bonds is 4. The molecule has 5 nitrogen and oxygen atoms in total. The monoisotopic (exact) mass is 422 g/mol. The largest absolute Gasteiger partial charge is 0.377 e. The van der Waals surface area contributed by atoms with Crippen LogP contribution in [0, 0.1) is 11.6 Å². The van der Waals surface area contributed by atoms with Gasteiger partial charge in [-0.05, 0) is 37.5 Å². The first-order chi connectivity index (χ1) is 13.7. The fraction of sp³-hybridized carbons (Fsp3) is 0.429. The molecule has 2 aliphatic heterocycles. The zero-order chi connectivity index (χ0) is 20.8. The molecule has 0 spiro atoms. The van der Waals surface area contributed by atoms with E-state index >= 15 is 0 Å². The highest BCUT2D eigenvalue weighted by Gasteiger charge is 2.42. The lowest BCUT2D eigenvalue weighted by atomic mass is 9.88. The molecule has 1 unspecified atom stereocenters. The predicted octanol–water partition coefficient (Wildman–Crippen LogP) is 3.20. The highest BCUT2D eigenvalue weighted by Crippen LogP contribution is 2.38. The van der Waals surface area contributed by atoms with E-state index in [0.29, 0.717) is 18.4 Å². The first-order valence-electron chi connectivity index (χ1n) is 9.63. The maximum Gasteiger partial charge on any atom is 0.221 e. The molecule has 2 aliphatic rings. The minimum absolute atomic E-state index is 0.000714. The van der Waals surface area contributed by atoms with E-state index in [1.54, 1.807) is 31.2 Å². The predicted molar refractivity (Wildman–Crippen MR) is 105 cm³/mol. The third-order valence-corrected chi connectivity index (χ3v) is 8.28. The number of hydrogen-bond acceptors (Lipinski definition) is 4. The molecule has 2 aromatic rings. The van der Waals surface area contributed by atoms with Crippen molar-refractivity contribution < 1.29 is 21.9 Å². The van der Waals surface area contributed by atoms with Gasteiger partial charge in [0.15, 0.2) is 0 Å². The molecule has 156 valence electrons. The summed E-state index contributed by atoms with van der Waals surface area (Å²) in [5.74, 6) is -1.31. The summed E-state index contributed by atoms with van der Waals surface area (Å²) < 4.78 is 62.3. The third kappa shape index (κ3) is 3.59. The van der Waals surface area contributed by atoms with Crippen LogP contribution < -0.4 is 5.73 Å². The highest BCUT2D eigenvalue weighted by atomic mass is 32.2. The van der Waals surface area contributed by atoms with Gasteiger partial charge in [-0.2, -0.15) is 4.31 Å². The minimum atomic E-state index is -3.73. The van der Waals surface area contributed by atoms with Gasteiger partial charge >= 0.3 is 0 Å². The quantitative estimate of drug-likeness (QED) is 0.821. The van der Waals surface area contributed by atoms with Crippen molar-refractivity contribution >= 4 is 10.0 Å². The summed E-state index contributed by atoms with van der Waals surface area (Å²) in [6.45, 7) is 1.82. The maximum atomic E-state index is 14.8. The van der Waals surface area contributed by atoms with Gasteiger partial charge in [0.25, 0.3) is 0 Å². The van der Waals surface area contributed by atoms with Crippen molar-refractivity contribution in [1.82, 2.24) is 4.31 Å². The number of nitrogens with zero attached hydrogens (tertiary/aromatic N) is 1. The number of ether oxygens (including phenoxy) is 1. The number of sulfonamides is 1. The SMILES string of the molecule is C[C@H]1CCC(c2ccccc2)S(=O)(=O)N1Cc1cc(F)c(C2(N)COC2)cc1F. The summed E-state index contributed by atoms with van der Waals surface area (Å²) >= 11 is 0. The number of benzene rings is 2. The van der Waals surface area contributed by atoms with Gasteiger partial charge < -0.3 is 10.5 Å². The summed E-state index contributed by atoms with van der Waals surface area (Å²) in [5, 5.41) is -0.688. The van der Waals surface area contributed by atoms with Crippen molar-refractivity contribution in [3.63, 3.8) is 0 Å². The van der Waals surface area contributed by atoms with Crippen molar-refractivity contribution in [3.05, 3.63) is 70.8 Å². The van der Waals surface area contributed by atoms with E-state index in [4.69, 9.17) is 10.5 Å². The van der Waals surface area contributed by atoms with E-state index in [1.807, 2.05) is 6.07 Å². The summed E-state index contributed by atoms with van der Waals surface area (Å²) in [7, 11) is -3.73. The Morgan fingerprint density at radius 1 is 1.14 bits per heavy atom. The number of halogens is 2. The van der Waals surface area contributed by atoms with Crippen LogP contribution >= 0.6 is 0 Å². The van der Waals surface area contributed by atoms with Gasteiger partial charge in [-0.1, -0.05) is 30.3 Å². The normalized spacial score (nSPS) is 26.1. The van der Waals surface area contributed by atoms with Crippen LogP contribution in [-0.4, -0.2) is 32.0 Å². The Morgan fingerprint density at radius 3 is 2.45 bits per heavy atom. The molecule has 4 rings (SSSR count). The molecule has 0 saturated carbocycles. The van der Waals surface area contributed by atoms with Gasteiger partial charge in [0, 0.05) is 23.7 Å². The minimum Gasteiger partial charge on any atom is -0.377 e. The molecule has 0 amide bonds. The Bertz CT molecular complexity index is 1010. The zero-order valence-electron chi connectivity index (χ0n) is 16.1. The first kappa shape index (κ1) is 20.4. The smallest absolute Gasteiger partial charge is 0.221 e. The van der Waals surface area contributed by atoms with Gasteiger partial charge in [-0.3, -0.25) is 0 Å². The van der Waals surface area contributed by atoms with Gasteiger partial charge in [0.05, 0.1) is 18.8 Å². The molecule has 8 heteroatoms. The lowest BCUT2D eigenvalue weighted by Crippen LogP contribution is -2.54. The molecule has 2 fully saturated rings. The van der Waals surface area contributed by atoms with E-state index < -0.39 is 32.4 Å². The Hall–Kier alpha value is -1.87. The lowest BCUT2D eigenvalue weighted by molar-refractivity contribution is -0.0586. The van der Waals surface area contributed by atoms with E-state index in [0.717, 1.165) is 12.1 Å². The van der Waals surface area contributed by atoms with Crippen LogP contribution in [-0.2, 0) is 26.8 Å². The Labute approximate surface area is 169 Å². The van der Waals surface area contributed by atoms with E-state index in [9.17, 15) is 17.2 Å². The Kier molecular flexibility index (Phi) is 5.23. The number of hydrogen-bond donors (Lipinski definition) is 1. The van der Waals surface area contributed by atoms with Crippen LogP contribution in [0.5, 0.6) is 0 Å². The topological polar surface area (TPSA) is 72.6 Å².